The lowest BCUT2D eigenvalue weighted by Crippen LogP contribution is -2.35. The Bertz CT molecular complexity index is 460. The fraction of sp³-hybridized carbons (Fsp3) is 0.545. The number of nitrogens with one attached hydrogen (secondary N) is 1. The Morgan fingerprint density at radius 2 is 2.44 bits per heavy atom. The molecule has 2 rings (SSSR count). The Morgan fingerprint density at radius 3 is 3.11 bits per heavy atom. The van der Waals surface area contributed by atoms with Crippen LogP contribution in [0.25, 0.3) is 0 Å². The molecule has 1 aromatic rings. The van der Waals surface area contributed by atoms with Crippen molar-refractivity contribution in [1.82, 2.24) is 9.88 Å². The number of carboxylic acids is 1. The number of rotatable bonds is 4. The first-order valence-corrected chi connectivity index (χ1v) is 6.63. The summed E-state index contributed by atoms with van der Waals surface area (Å²) in [6.45, 7) is 2.74. The van der Waals surface area contributed by atoms with Crippen LogP contribution in [-0.4, -0.2) is 39.5 Å². The van der Waals surface area contributed by atoms with E-state index >= 15 is 0 Å². The van der Waals surface area contributed by atoms with Gasteiger partial charge in [0, 0.05) is 18.8 Å². The van der Waals surface area contributed by atoms with Gasteiger partial charge in [0.05, 0.1) is 5.69 Å². The average molecular weight is 269 g/mol. The second kappa shape index (κ2) is 5.45. The minimum atomic E-state index is -0.773. The molecule has 2 heterocycles. The lowest BCUT2D eigenvalue weighted by atomic mass is 10.2. The van der Waals surface area contributed by atoms with Crippen molar-refractivity contribution in [2.45, 2.75) is 32.4 Å². The molecule has 7 heteroatoms. The fourth-order valence-electron chi connectivity index (χ4n) is 2.09. The van der Waals surface area contributed by atoms with Crippen LogP contribution in [0.15, 0.2) is 5.38 Å². The van der Waals surface area contributed by atoms with Crippen LogP contribution >= 0.6 is 11.3 Å². The average Bonchev–Trinajstić information content (AvgIpc) is 2.87. The SMILES string of the molecule is CC(=O)Nc1nc(CN2CCCC2C(=O)O)cs1. The highest BCUT2D eigenvalue weighted by atomic mass is 32.1. The summed E-state index contributed by atoms with van der Waals surface area (Å²) in [5.74, 6) is -0.926. The fourth-order valence-corrected chi connectivity index (χ4v) is 2.84. The zero-order valence-corrected chi connectivity index (χ0v) is 10.9. The van der Waals surface area contributed by atoms with Crippen molar-refractivity contribution in [2.75, 3.05) is 11.9 Å². The monoisotopic (exact) mass is 269 g/mol. The van der Waals surface area contributed by atoms with Gasteiger partial charge in [-0.1, -0.05) is 0 Å². The maximum atomic E-state index is 11.0. The van der Waals surface area contributed by atoms with E-state index in [4.69, 9.17) is 5.11 Å². The molecule has 2 N–H and O–H groups in total. The summed E-state index contributed by atoms with van der Waals surface area (Å²) in [5.41, 5.74) is 0.803. The van der Waals surface area contributed by atoms with Crippen LogP contribution in [0.5, 0.6) is 0 Å². The van der Waals surface area contributed by atoms with Gasteiger partial charge < -0.3 is 10.4 Å². The van der Waals surface area contributed by atoms with E-state index < -0.39 is 12.0 Å². The predicted octanol–water partition coefficient (Wildman–Crippen LogP) is 1.15. The maximum Gasteiger partial charge on any atom is 0.320 e. The highest BCUT2D eigenvalue weighted by molar-refractivity contribution is 7.13. The Morgan fingerprint density at radius 1 is 1.67 bits per heavy atom. The minimum Gasteiger partial charge on any atom is -0.480 e. The summed E-state index contributed by atoms with van der Waals surface area (Å²) >= 11 is 1.35. The van der Waals surface area contributed by atoms with Gasteiger partial charge in [0.25, 0.3) is 0 Å². The molecule has 1 fully saturated rings. The van der Waals surface area contributed by atoms with E-state index in [1.165, 1.54) is 18.3 Å². The van der Waals surface area contributed by atoms with Gasteiger partial charge in [-0.3, -0.25) is 14.5 Å². The third-order valence-electron chi connectivity index (χ3n) is 2.85. The molecule has 1 unspecified atom stereocenters. The van der Waals surface area contributed by atoms with Crippen molar-refractivity contribution in [3.05, 3.63) is 11.1 Å². The van der Waals surface area contributed by atoms with E-state index in [2.05, 4.69) is 10.3 Å². The van der Waals surface area contributed by atoms with Crippen LogP contribution in [0.3, 0.4) is 0 Å². The minimum absolute atomic E-state index is 0.152. The van der Waals surface area contributed by atoms with Gasteiger partial charge in [0.15, 0.2) is 5.13 Å². The van der Waals surface area contributed by atoms with E-state index in [9.17, 15) is 9.59 Å². The van der Waals surface area contributed by atoms with Gasteiger partial charge in [0.2, 0.25) is 5.91 Å². The Balaban J connectivity index is 1.98. The normalized spacial score (nSPS) is 19.9. The van der Waals surface area contributed by atoms with Crippen LogP contribution in [-0.2, 0) is 16.1 Å². The zero-order chi connectivity index (χ0) is 13.1. The molecule has 1 aromatic heterocycles. The van der Waals surface area contributed by atoms with Crippen LogP contribution in [0.4, 0.5) is 5.13 Å². The van der Waals surface area contributed by atoms with E-state index in [0.717, 1.165) is 18.7 Å². The first kappa shape index (κ1) is 13.0. The highest BCUT2D eigenvalue weighted by Crippen LogP contribution is 2.22. The number of thiazole rings is 1. The summed E-state index contributed by atoms with van der Waals surface area (Å²) in [5, 5.41) is 14.1. The third-order valence-corrected chi connectivity index (χ3v) is 3.66. The number of carbonyl (C=O) groups excluding carboxylic acids is 1. The van der Waals surface area contributed by atoms with Crippen LogP contribution in [0.1, 0.15) is 25.5 Å². The molecule has 0 aliphatic carbocycles. The lowest BCUT2D eigenvalue weighted by molar-refractivity contribution is -0.142. The summed E-state index contributed by atoms with van der Waals surface area (Å²) in [6.07, 6.45) is 1.59. The quantitative estimate of drug-likeness (QED) is 0.856. The first-order valence-electron chi connectivity index (χ1n) is 5.75. The number of nitrogens with zero attached hydrogens (tertiary/aromatic N) is 2. The number of amides is 1. The molecular formula is C11H15N3O3S. The molecule has 0 spiro atoms. The van der Waals surface area contributed by atoms with Gasteiger partial charge in [-0.25, -0.2) is 4.98 Å². The van der Waals surface area contributed by atoms with Crippen LogP contribution in [0, 0.1) is 0 Å². The Hall–Kier alpha value is -1.47. The number of aliphatic carboxylic acids is 1. The molecular weight excluding hydrogens is 254 g/mol. The van der Waals surface area contributed by atoms with Gasteiger partial charge in [-0.05, 0) is 19.4 Å². The van der Waals surface area contributed by atoms with Crippen molar-refractivity contribution in [2.24, 2.45) is 0 Å². The lowest BCUT2D eigenvalue weighted by Gasteiger charge is -2.19. The Kier molecular flexibility index (Phi) is 3.93. The molecule has 1 saturated heterocycles. The summed E-state index contributed by atoms with van der Waals surface area (Å²) in [7, 11) is 0. The van der Waals surface area contributed by atoms with Gasteiger partial charge in [-0.15, -0.1) is 11.3 Å². The topological polar surface area (TPSA) is 82.5 Å². The number of hydrogen-bond acceptors (Lipinski definition) is 5. The standard InChI is InChI=1S/C11H15N3O3S/c1-7(15)12-11-13-8(6-18-11)5-14-4-2-3-9(14)10(16)17/h6,9H,2-5H2,1H3,(H,16,17)(H,12,13,15). The van der Waals surface area contributed by atoms with Crippen molar-refractivity contribution >= 4 is 28.3 Å². The van der Waals surface area contributed by atoms with E-state index in [1.807, 2.05) is 10.3 Å². The van der Waals surface area contributed by atoms with Crippen molar-refractivity contribution in [3.63, 3.8) is 0 Å². The molecule has 0 bridgehead atoms. The van der Waals surface area contributed by atoms with Crippen molar-refractivity contribution in [3.8, 4) is 0 Å². The van der Waals surface area contributed by atoms with Gasteiger partial charge >= 0.3 is 5.97 Å². The summed E-state index contributed by atoms with van der Waals surface area (Å²) in [4.78, 5) is 28.1. The second-order valence-corrected chi connectivity index (χ2v) is 5.15. The van der Waals surface area contributed by atoms with Crippen LogP contribution in [0.2, 0.25) is 0 Å². The number of aromatic nitrogens is 1. The van der Waals surface area contributed by atoms with Crippen LogP contribution < -0.4 is 5.32 Å². The molecule has 0 radical (unpaired) electrons. The molecule has 6 nitrogen and oxygen atoms in total. The molecule has 18 heavy (non-hydrogen) atoms. The molecule has 98 valence electrons. The number of anilines is 1. The largest absolute Gasteiger partial charge is 0.480 e. The third kappa shape index (κ3) is 3.05. The smallest absolute Gasteiger partial charge is 0.320 e. The molecule has 1 aliphatic rings. The number of carbonyl (C=O) groups is 2. The zero-order valence-electron chi connectivity index (χ0n) is 10.0. The van der Waals surface area contributed by atoms with E-state index in [-0.39, 0.29) is 5.91 Å². The summed E-state index contributed by atoms with van der Waals surface area (Å²) in [6, 6.07) is -0.407. The molecule has 1 atom stereocenters. The number of carboxylic acid groups (broad SMARTS) is 1. The highest BCUT2D eigenvalue weighted by Gasteiger charge is 2.30. The predicted molar refractivity (Wildman–Crippen MR) is 67.5 cm³/mol. The van der Waals surface area contributed by atoms with E-state index in [1.54, 1.807) is 0 Å². The summed E-state index contributed by atoms with van der Waals surface area (Å²) < 4.78 is 0. The molecule has 1 amide bonds. The second-order valence-electron chi connectivity index (χ2n) is 4.29. The van der Waals surface area contributed by atoms with Crippen molar-refractivity contribution < 1.29 is 14.7 Å². The first-order chi connectivity index (χ1) is 8.56. The molecule has 0 saturated carbocycles. The maximum absolute atomic E-state index is 11.0. The van der Waals surface area contributed by atoms with Crippen molar-refractivity contribution in [1.29, 1.82) is 0 Å². The number of hydrogen-bond donors (Lipinski definition) is 2. The molecule has 1 aliphatic heterocycles. The Labute approximate surface area is 109 Å². The molecule has 0 aromatic carbocycles. The number of likely N-dealkylation sites (tertiary alicyclic amines) is 1. The van der Waals surface area contributed by atoms with Gasteiger partial charge in [-0.2, -0.15) is 0 Å². The van der Waals surface area contributed by atoms with E-state index in [0.29, 0.717) is 18.1 Å². The van der Waals surface area contributed by atoms with Gasteiger partial charge in [0.1, 0.15) is 6.04 Å².